The van der Waals surface area contributed by atoms with Crippen molar-refractivity contribution in [1.29, 1.82) is 0 Å². The third-order valence-corrected chi connectivity index (χ3v) is 4.01. The van der Waals surface area contributed by atoms with E-state index in [1.54, 1.807) is 0 Å². The van der Waals surface area contributed by atoms with Crippen LogP contribution in [0.2, 0.25) is 0 Å². The Hall–Kier alpha value is -1.22. The molecule has 17 heavy (non-hydrogen) atoms. The number of hydrogen-bond donors (Lipinski definition) is 2. The van der Waals surface area contributed by atoms with Gasteiger partial charge in [0.15, 0.2) is 0 Å². The zero-order valence-corrected chi connectivity index (χ0v) is 10.1. The fourth-order valence-electron chi connectivity index (χ4n) is 2.56. The summed E-state index contributed by atoms with van der Waals surface area (Å²) in [6, 6.07) is 6.38. The van der Waals surface area contributed by atoms with E-state index in [2.05, 4.69) is 30.4 Å². The van der Waals surface area contributed by atoms with Gasteiger partial charge >= 0.3 is 0 Å². The lowest BCUT2D eigenvalue weighted by atomic mass is 9.96. The maximum Gasteiger partial charge on any atom is 0.121 e. The summed E-state index contributed by atoms with van der Waals surface area (Å²) >= 11 is 0. The minimum atomic E-state index is 0.143. The Kier molecular flexibility index (Phi) is 2.71. The normalized spacial score (nSPS) is 27.2. The summed E-state index contributed by atoms with van der Waals surface area (Å²) in [7, 11) is 0. The van der Waals surface area contributed by atoms with Crippen molar-refractivity contribution in [1.82, 2.24) is 0 Å². The zero-order chi connectivity index (χ0) is 11.8. The second-order valence-electron chi connectivity index (χ2n) is 5.14. The molecule has 0 radical (unpaired) electrons. The van der Waals surface area contributed by atoms with E-state index in [9.17, 15) is 5.11 Å². The molecule has 1 aliphatic carbocycles. The number of nitrogens with one attached hydrogen (secondary N) is 1. The Balaban J connectivity index is 1.78. The van der Waals surface area contributed by atoms with E-state index in [1.807, 2.05) is 0 Å². The Morgan fingerprint density at radius 2 is 2.24 bits per heavy atom. The van der Waals surface area contributed by atoms with Crippen molar-refractivity contribution in [3.63, 3.8) is 0 Å². The van der Waals surface area contributed by atoms with Gasteiger partial charge in [-0.3, -0.25) is 0 Å². The maximum absolute atomic E-state index is 9.28. The fraction of sp³-hybridized carbons (Fsp3) is 0.571. The lowest BCUT2D eigenvalue weighted by Gasteiger charge is -2.26. The molecule has 1 heterocycles. The van der Waals surface area contributed by atoms with Crippen molar-refractivity contribution in [2.75, 3.05) is 11.9 Å². The second kappa shape index (κ2) is 4.22. The van der Waals surface area contributed by atoms with E-state index in [0.717, 1.165) is 11.4 Å². The van der Waals surface area contributed by atoms with Crippen LogP contribution in [0.4, 0.5) is 5.69 Å². The molecular formula is C14H19NO2. The van der Waals surface area contributed by atoms with Gasteiger partial charge in [0.05, 0.1) is 18.8 Å². The number of ether oxygens (including phenoxy) is 1. The van der Waals surface area contributed by atoms with Crippen LogP contribution >= 0.6 is 0 Å². The first kappa shape index (κ1) is 10.9. The number of fused-ring (bicyclic) bond motifs is 1. The van der Waals surface area contributed by atoms with Crippen LogP contribution in [-0.4, -0.2) is 23.9 Å². The largest absolute Gasteiger partial charge is 0.490 e. The van der Waals surface area contributed by atoms with Crippen molar-refractivity contribution in [2.24, 2.45) is 0 Å². The summed E-state index contributed by atoms with van der Waals surface area (Å²) in [5.74, 6) is 1.32. The predicted molar refractivity (Wildman–Crippen MR) is 67.6 cm³/mol. The zero-order valence-electron chi connectivity index (χ0n) is 10.1. The van der Waals surface area contributed by atoms with Crippen LogP contribution in [0.15, 0.2) is 18.2 Å². The highest BCUT2D eigenvalue weighted by atomic mass is 16.5. The van der Waals surface area contributed by atoms with Gasteiger partial charge in [0.2, 0.25) is 0 Å². The minimum absolute atomic E-state index is 0.143. The predicted octanol–water partition coefficient (Wildman–Crippen LogP) is 2.51. The average molecular weight is 233 g/mol. The van der Waals surface area contributed by atoms with Crippen molar-refractivity contribution >= 4 is 5.69 Å². The van der Waals surface area contributed by atoms with Gasteiger partial charge in [-0.25, -0.2) is 0 Å². The molecule has 3 nitrogen and oxygen atoms in total. The van der Waals surface area contributed by atoms with Gasteiger partial charge < -0.3 is 15.2 Å². The fourth-order valence-corrected chi connectivity index (χ4v) is 2.56. The molecule has 1 aliphatic heterocycles. The van der Waals surface area contributed by atoms with E-state index < -0.39 is 0 Å². The molecule has 2 unspecified atom stereocenters. The Morgan fingerprint density at radius 1 is 1.41 bits per heavy atom. The molecule has 0 saturated heterocycles. The van der Waals surface area contributed by atoms with E-state index in [-0.39, 0.29) is 12.6 Å². The molecule has 0 bridgehead atoms. The maximum atomic E-state index is 9.28. The Bertz CT molecular complexity index is 415. The summed E-state index contributed by atoms with van der Waals surface area (Å²) < 4.78 is 5.88. The molecule has 2 atom stereocenters. The number of hydrogen-bond acceptors (Lipinski definition) is 3. The average Bonchev–Trinajstić information content (AvgIpc) is 2.60. The third kappa shape index (κ3) is 1.89. The third-order valence-electron chi connectivity index (χ3n) is 4.01. The van der Waals surface area contributed by atoms with Gasteiger partial charge in [-0.2, -0.15) is 0 Å². The summed E-state index contributed by atoms with van der Waals surface area (Å²) in [6.07, 6.45) is 4.07. The lowest BCUT2D eigenvalue weighted by molar-refractivity contribution is 0.120. The molecule has 0 spiro atoms. The summed E-state index contributed by atoms with van der Waals surface area (Å²) in [6.45, 7) is 2.32. The van der Waals surface area contributed by atoms with E-state index in [0.29, 0.717) is 12.0 Å². The number of benzene rings is 1. The first-order chi connectivity index (χ1) is 8.28. The quantitative estimate of drug-likeness (QED) is 0.843. The van der Waals surface area contributed by atoms with E-state index >= 15 is 0 Å². The minimum Gasteiger partial charge on any atom is -0.490 e. The second-order valence-corrected chi connectivity index (χ2v) is 5.14. The van der Waals surface area contributed by atoms with Crippen molar-refractivity contribution in [3.8, 4) is 5.75 Å². The SMILES string of the molecule is CC1c2ccc(OC3CCC3)cc2NC1CO. The number of anilines is 1. The van der Waals surface area contributed by atoms with E-state index in [4.69, 9.17) is 4.74 Å². The topological polar surface area (TPSA) is 41.5 Å². The number of aliphatic hydroxyl groups is 1. The molecule has 1 saturated carbocycles. The molecule has 2 aliphatic rings. The van der Waals surface area contributed by atoms with Crippen molar-refractivity contribution in [3.05, 3.63) is 23.8 Å². The van der Waals surface area contributed by atoms with Crippen LogP contribution in [-0.2, 0) is 0 Å². The van der Waals surface area contributed by atoms with Gasteiger partial charge in [-0.05, 0) is 30.9 Å². The molecule has 1 aromatic rings. The Labute approximate surface area is 102 Å². The molecule has 0 amide bonds. The molecular weight excluding hydrogens is 214 g/mol. The van der Waals surface area contributed by atoms with E-state index in [1.165, 1.54) is 24.8 Å². The van der Waals surface area contributed by atoms with Gasteiger partial charge in [-0.15, -0.1) is 0 Å². The summed E-state index contributed by atoms with van der Waals surface area (Å²) in [5, 5.41) is 12.6. The van der Waals surface area contributed by atoms with Crippen LogP contribution in [0.25, 0.3) is 0 Å². The first-order valence-corrected chi connectivity index (χ1v) is 6.46. The van der Waals surface area contributed by atoms with Crippen LogP contribution in [0.1, 0.15) is 37.7 Å². The molecule has 92 valence electrons. The molecule has 2 N–H and O–H groups in total. The summed E-state index contributed by atoms with van der Waals surface area (Å²) in [4.78, 5) is 0. The summed E-state index contributed by atoms with van der Waals surface area (Å²) in [5.41, 5.74) is 2.40. The highest BCUT2D eigenvalue weighted by Gasteiger charge is 2.28. The van der Waals surface area contributed by atoms with Crippen LogP contribution in [0.5, 0.6) is 5.75 Å². The standard InChI is InChI=1S/C14H19NO2/c1-9-12-6-5-11(17-10-3-2-4-10)7-13(12)15-14(9)8-16/h5-7,9-10,14-16H,2-4,8H2,1H3. The monoisotopic (exact) mass is 233 g/mol. The highest BCUT2D eigenvalue weighted by Crippen LogP contribution is 2.38. The molecule has 3 rings (SSSR count). The van der Waals surface area contributed by atoms with Gasteiger partial charge in [0, 0.05) is 17.7 Å². The van der Waals surface area contributed by atoms with Gasteiger partial charge in [0.25, 0.3) is 0 Å². The van der Waals surface area contributed by atoms with Crippen molar-refractivity contribution in [2.45, 2.75) is 44.2 Å². The van der Waals surface area contributed by atoms with Crippen LogP contribution < -0.4 is 10.1 Å². The van der Waals surface area contributed by atoms with Crippen molar-refractivity contribution < 1.29 is 9.84 Å². The smallest absolute Gasteiger partial charge is 0.121 e. The number of aliphatic hydroxyl groups excluding tert-OH is 1. The Morgan fingerprint density at radius 3 is 2.88 bits per heavy atom. The first-order valence-electron chi connectivity index (χ1n) is 6.46. The molecule has 1 fully saturated rings. The lowest BCUT2D eigenvalue weighted by Crippen LogP contribution is -2.24. The van der Waals surface area contributed by atoms with Crippen LogP contribution in [0.3, 0.4) is 0 Å². The molecule has 0 aromatic heterocycles. The highest BCUT2D eigenvalue weighted by molar-refractivity contribution is 5.62. The number of rotatable bonds is 3. The van der Waals surface area contributed by atoms with Gasteiger partial charge in [-0.1, -0.05) is 13.0 Å². The molecule has 3 heteroatoms. The molecule has 1 aromatic carbocycles. The van der Waals surface area contributed by atoms with Crippen LogP contribution in [0, 0.1) is 0 Å². The van der Waals surface area contributed by atoms with Gasteiger partial charge in [0.1, 0.15) is 5.75 Å².